The molecule has 0 aliphatic carbocycles. The quantitative estimate of drug-likeness (QED) is 0.769. The molecule has 1 aromatic rings. The van der Waals surface area contributed by atoms with E-state index in [2.05, 4.69) is 16.5 Å². The predicted octanol–water partition coefficient (Wildman–Crippen LogP) is 1.20. The molecule has 0 aromatic carbocycles. The average Bonchev–Trinajstić information content (AvgIpc) is 2.65. The second-order valence-electron chi connectivity index (χ2n) is 3.85. The van der Waals surface area contributed by atoms with Gasteiger partial charge in [-0.25, -0.2) is 4.98 Å². The summed E-state index contributed by atoms with van der Waals surface area (Å²) < 4.78 is 7.35. The van der Waals surface area contributed by atoms with Crippen LogP contribution in [0.2, 0.25) is 0 Å². The maximum Gasteiger partial charge on any atom is 0.110 e. The molecule has 1 rings (SSSR count). The predicted molar refractivity (Wildman–Crippen MR) is 60.7 cm³/mol. The molecule has 0 bridgehead atoms. The van der Waals surface area contributed by atoms with E-state index in [-0.39, 0.29) is 12.1 Å². The molecule has 0 aliphatic rings. The van der Waals surface area contributed by atoms with E-state index in [0.29, 0.717) is 0 Å². The minimum atomic E-state index is 0.00741. The Morgan fingerprint density at radius 2 is 2.33 bits per heavy atom. The lowest BCUT2D eigenvalue weighted by Gasteiger charge is -2.18. The van der Waals surface area contributed by atoms with Gasteiger partial charge >= 0.3 is 0 Å². The van der Waals surface area contributed by atoms with E-state index in [1.165, 1.54) is 0 Å². The molecule has 0 amide bonds. The van der Waals surface area contributed by atoms with Crippen LogP contribution in [0.1, 0.15) is 26.1 Å². The Kier molecular flexibility index (Phi) is 4.78. The van der Waals surface area contributed by atoms with Gasteiger partial charge in [0, 0.05) is 38.5 Å². The summed E-state index contributed by atoms with van der Waals surface area (Å²) >= 11 is 0. The third-order valence-electron chi connectivity index (χ3n) is 2.66. The van der Waals surface area contributed by atoms with Gasteiger partial charge in [-0.2, -0.15) is 0 Å². The number of rotatable bonds is 6. The second kappa shape index (κ2) is 5.88. The fourth-order valence-corrected chi connectivity index (χ4v) is 1.53. The number of methoxy groups -OCH3 is 1. The zero-order valence-electron chi connectivity index (χ0n) is 9.81. The number of aryl methyl sites for hydroxylation is 1. The van der Waals surface area contributed by atoms with Gasteiger partial charge in [0.2, 0.25) is 0 Å². The van der Waals surface area contributed by atoms with E-state index in [0.717, 1.165) is 25.2 Å². The molecular formula is C11H21N3O. The number of imidazole rings is 1. The molecular weight excluding hydrogens is 190 g/mol. The molecule has 0 fully saturated rings. The lowest BCUT2D eigenvalue weighted by molar-refractivity contribution is 0.0947. The van der Waals surface area contributed by atoms with Gasteiger partial charge < -0.3 is 15.0 Å². The highest BCUT2D eigenvalue weighted by Crippen LogP contribution is 2.05. The zero-order valence-corrected chi connectivity index (χ0v) is 9.81. The standard InChI is InChI=1S/C11H21N3O/c1-4-6-14-7-5-13-11(14)8-10(12)9(2)15-3/h5,7,9-10H,4,6,8,12H2,1-3H3. The van der Waals surface area contributed by atoms with E-state index in [1.807, 2.05) is 19.3 Å². The SMILES string of the molecule is CCCn1ccnc1CC(N)C(C)OC. The van der Waals surface area contributed by atoms with Crippen LogP contribution in [-0.4, -0.2) is 28.8 Å². The first-order valence-corrected chi connectivity index (χ1v) is 5.47. The van der Waals surface area contributed by atoms with Gasteiger partial charge in [0.25, 0.3) is 0 Å². The molecule has 86 valence electrons. The molecule has 4 heteroatoms. The van der Waals surface area contributed by atoms with E-state index >= 15 is 0 Å². The first kappa shape index (κ1) is 12.2. The number of ether oxygens (including phenoxy) is 1. The van der Waals surface area contributed by atoms with Crippen LogP contribution in [0.15, 0.2) is 12.4 Å². The molecule has 0 aliphatic heterocycles. The smallest absolute Gasteiger partial charge is 0.110 e. The van der Waals surface area contributed by atoms with Crippen molar-refractivity contribution in [3.8, 4) is 0 Å². The fourth-order valence-electron chi connectivity index (χ4n) is 1.53. The molecule has 1 aromatic heterocycles. The number of hydrogen-bond donors (Lipinski definition) is 1. The van der Waals surface area contributed by atoms with E-state index in [4.69, 9.17) is 10.5 Å². The lowest BCUT2D eigenvalue weighted by Crippen LogP contribution is -2.36. The molecule has 4 nitrogen and oxygen atoms in total. The van der Waals surface area contributed by atoms with Gasteiger partial charge in [-0.1, -0.05) is 6.92 Å². The molecule has 0 saturated heterocycles. The van der Waals surface area contributed by atoms with Crippen LogP contribution >= 0.6 is 0 Å². The summed E-state index contributed by atoms with van der Waals surface area (Å²) in [7, 11) is 1.68. The maximum atomic E-state index is 6.01. The van der Waals surface area contributed by atoms with E-state index in [9.17, 15) is 0 Å². The van der Waals surface area contributed by atoms with Crippen LogP contribution in [0, 0.1) is 0 Å². The van der Waals surface area contributed by atoms with Crippen LogP contribution in [0.3, 0.4) is 0 Å². The molecule has 0 spiro atoms. The molecule has 0 radical (unpaired) electrons. The van der Waals surface area contributed by atoms with Crippen molar-refractivity contribution in [3.05, 3.63) is 18.2 Å². The molecule has 0 saturated carbocycles. The van der Waals surface area contributed by atoms with Gasteiger partial charge in [0.05, 0.1) is 6.10 Å². The Labute approximate surface area is 91.4 Å². The Balaban J connectivity index is 2.59. The van der Waals surface area contributed by atoms with Crippen LogP contribution in [-0.2, 0) is 17.7 Å². The van der Waals surface area contributed by atoms with Crippen LogP contribution < -0.4 is 5.73 Å². The van der Waals surface area contributed by atoms with Crippen molar-refractivity contribution in [2.75, 3.05) is 7.11 Å². The normalized spacial score (nSPS) is 15.2. The van der Waals surface area contributed by atoms with Crippen molar-refractivity contribution < 1.29 is 4.74 Å². The summed E-state index contributed by atoms with van der Waals surface area (Å²) in [4.78, 5) is 4.32. The minimum Gasteiger partial charge on any atom is -0.380 e. The van der Waals surface area contributed by atoms with Crippen molar-refractivity contribution in [1.82, 2.24) is 9.55 Å². The second-order valence-corrected chi connectivity index (χ2v) is 3.85. The summed E-state index contributed by atoms with van der Waals surface area (Å²) in [6.45, 7) is 5.14. The molecule has 2 N–H and O–H groups in total. The van der Waals surface area contributed by atoms with Crippen molar-refractivity contribution in [2.24, 2.45) is 5.73 Å². The summed E-state index contributed by atoms with van der Waals surface area (Å²) in [5.74, 6) is 1.05. The van der Waals surface area contributed by atoms with Crippen LogP contribution in [0.25, 0.3) is 0 Å². The molecule has 2 atom stereocenters. The van der Waals surface area contributed by atoms with Crippen LogP contribution in [0.4, 0.5) is 0 Å². The average molecular weight is 211 g/mol. The van der Waals surface area contributed by atoms with Gasteiger partial charge in [-0.15, -0.1) is 0 Å². The highest BCUT2D eigenvalue weighted by molar-refractivity contribution is 4.96. The Bertz CT molecular complexity index is 285. The topological polar surface area (TPSA) is 53.1 Å². The van der Waals surface area contributed by atoms with Crippen molar-refractivity contribution in [3.63, 3.8) is 0 Å². The fraction of sp³-hybridized carbons (Fsp3) is 0.727. The Hall–Kier alpha value is -0.870. The summed E-state index contributed by atoms with van der Waals surface area (Å²) in [6, 6.07) is 0.00741. The van der Waals surface area contributed by atoms with Gasteiger partial charge in [-0.3, -0.25) is 0 Å². The summed E-state index contributed by atoms with van der Waals surface area (Å²) in [5.41, 5.74) is 6.01. The highest BCUT2D eigenvalue weighted by atomic mass is 16.5. The number of nitrogens with zero attached hydrogens (tertiary/aromatic N) is 2. The van der Waals surface area contributed by atoms with E-state index < -0.39 is 0 Å². The Morgan fingerprint density at radius 1 is 1.60 bits per heavy atom. The third-order valence-corrected chi connectivity index (χ3v) is 2.66. The first-order chi connectivity index (χ1) is 7.19. The lowest BCUT2D eigenvalue weighted by atomic mass is 10.1. The Morgan fingerprint density at radius 3 is 2.93 bits per heavy atom. The largest absolute Gasteiger partial charge is 0.380 e. The van der Waals surface area contributed by atoms with Gasteiger partial charge in [-0.05, 0) is 13.3 Å². The highest BCUT2D eigenvalue weighted by Gasteiger charge is 2.14. The molecule has 15 heavy (non-hydrogen) atoms. The van der Waals surface area contributed by atoms with Gasteiger partial charge in [0.1, 0.15) is 5.82 Å². The number of aromatic nitrogens is 2. The molecule has 2 unspecified atom stereocenters. The minimum absolute atomic E-state index is 0.00741. The van der Waals surface area contributed by atoms with E-state index in [1.54, 1.807) is 7.11 Å². The third kappa shape index (κ3) is 3.32. The van der Waals surface area contributed by atoms with Crippen LogP contribution in [0.5, 0.6) is 0 Å². The first-order valence-electron chi connectivity index (χ1n) is 5.47. The van der Waals surface area contributed by atoms with Crippen molar-refractivity contribution in [2.45, 2.75) is 45.4 Å². The maximum absolute atomic E-state index is 6.01. The monoisotopic (exact) mass is 211 g/mol. The van der Waals surface area contributed by atoms with Crippen molar-refractivity contribution >= 4 is 0 Å². The summed E-state index contributed by atoms with van der Waals surface area (Å²) in [5, 5.41) is 0. The molecule has 1 heterocycles. The zero-order chi connectivity index (χ0) is 11.3. The number of hydrogen-bond acceptors (Lipinski definition) is 3. The van der Waals surface area contributed by atoms with Crippen molar-refractivity contribution in [1.29, 1.82) is 0 Å². The van der Waals surface area contributed by atoms with Gasteiger partial charge in [0.15, 0.2) is 0 Å². The number of nitrogens with two attached hydrogens (primary N) is 1. The summed E-state index contributed by atoms with van der Waals surface area (Å²) in [6.07, 6.45) is 5.77.